The van der Waals surface area contributed by atoms with E-state index in [4.69, 9.17) is 4.74 Å². The molecule has 0 aliphatic carbocycles. The van der Waals surface area contributed by atoms with Gasteiger partial charge in [0.15, 0.2) is 0 Å². The van der Waals surface area contributed by atoms with Gasteiger partial charge >= 0.3 is 0 Å². The number of hydrogen-bond acceptors (Lipinski definition) is 2. The van der Waals surface area contributed by atoms with Gasteiger partial charge in [0.05, 0.1) is 0 Å². The van der Waals surface area contributed by atoms with Gasteiger partial charge in [-0.3, -0.25) is 0 Å². The summed E-state index contributed by atoms with van der Waals surface area (Å²) in [6.07, 6.45) is 2.03. The summed E-state index contributed by atoms with van der Waals surface area (Å²) in [4.78, 5) is 0. The molecule has 2 nitrogen and oxygen atoms in total. The number of benzene rings is 2. The second kappa shape index (κ2) is 4.86. The second-order valence-electron chi connectivity index (χ2n) is 5.59. The standard InChI is InChI=1S/C18H20O2/c1-11-12(2)18-15(13(3)17(11)19)9-10-16(20-18)14-7-5-4-6-8-14/h4-8,16,19H,9-10H2,1-3H3. The molecule has 0 spiro atoms. The molecule has 0 radical (unpaired) electrons. The van der Waals surface area contributed by atoms with Crippen molar-refractivity contribution >= 4 is 0 Å². The number of fused-ring (bicyclic) bond motifs is 1. The topological polar surface area (TPSA) is 29.5 Å². The maximum absolute atomic E-state index is 10.2. The lowest BCUT2D eigenvalue weighted by Crippen LogP contribution is -2.17. The minimum absolute atomic E-state index is 0.116. The Morgan fingerprint density at radius 2 is 1.70 bits per heavy atom. The van der Waals surface area contributed by atoms with Gasteiger partial charge in [0.25, 0.3) is 0 Å². The molecule has 104 valence electrons. The summed E-state index contributed by atoms with van der Waals surface area (Å²) >= 11 is 0. The van der Waals surface area contributed by atoms with Gasteiger partial charge in [0.1, 0.15) is 17.6 Å². The zero-order chi connectivity index (χ0) is 14.3. The van der Waals surface area contributed by atoms with Crippen LogP contribution in [0, 0.1) is 20.8 Å². The molecule has 0 amide bonds. The summed E-state index contributed by atoms with van der Waals surface area (Å²) in [6.45, 7) is 5.96. The Morgan fingerprint density at radius 1 is 1.00 bits per heavy atom. The molecule has 0 saturated heterocycles. The summed E-state index contributed by atoms with van der Waals surface area (Å²) in [6, 6.07) is 10.4. The number of ether oxygens (including phenoxy) is 1. The highest BCUT2D eigenvalue weighted by molar-refractivity contribution is 5.58. The van der Waals surface area contributed by atoms with Gasteiger partial charge in [-0.2, -0.15) is 0 Å². The molecule has 0 fully saturated rings. The lowest BCUT2D eigenvalue weighted by molar-refractivity contribution is 0.174. The second-order valence-corrected chi connectivity index (χ2v) is 5.59. The van der Waals surface area contributed by atoms with Crippen LogP contribution in [0.5, 0.6) is 11.5 Å². The largest absolute Gasteiger partial charge is 0.507 e. The molecule has 1 atom stereocenters. The molecule has 1 unspecified atom stereocenters. The summed E-state index contributed by atoms with van der Waals surface area (Å²) in [5.74, 6) is 1.39. The third kappa shape index (κ3) is 1.96. The first-order valence-electron chi connectivity index (χ1n) is 7.12. The predicted molar refractivity (Wildman–Crippen MR) is 80.4 cm³/mol. The van der Waals surface area contributed by atoms with E-state index in [0.29, 0.717) is 5.75 Å². The quantitative estimate of drug-likeness (QED) is 0.831. The Morgan fingerprint density at radius 3 is 2.40 bits per heavy atom. The molecule has 1 heterocycles. The molecule has 1 N–H and O–H groups in total. The maximum Gasteiger partial charge on any atom is 0.127 e. The van der Waals surface area contributed by atoms with Crippen LogP contribution in [0.15, 0.2) is 30.3 Å². The monoisotopic (exact) mass is 268 g/mol. The Labute approximate surface area is 120 Å². The maximum atomic E-state index is 10.2. The van der Waals surface area contributed by atoms with Crippen molar-refractivity contribution in [2.24, 2.45) is 0 Å². The fraction of sp³-hybridized carbons (Fsp3) is 0.333. The fourth-order valence-electron chi connectivity index (χ4n) is 3.01. The van der Waals surface area contributed by atoms with Crippen molar-refractivity contribution in [2.45, 2.75) is 39.7 Å². The molecule has 20 heavy (non-hydrogen) atoms. The van der Waals surface area contributed by atoms with Gasteiger partial charge in [-0.25, -0.2) is 0 Å². The van der Waals surface area contributed by atoms with Crippen LogP contribution >= 0.6 is 0 Å². The molecule has 0 bridgehead atoms. The molecule has 0 saturated carbocycles. The predicted octanol–water partition coefficient (Wildman–Crippen LogP) is 4.38. The smallest absolute Gasteiger partial charge is 0.127 e. The van der Waals surface area contributed by atoms with Crippen LogP contribution in [0.25, 0.3) is 0 Å². The van der Waals surface area contributed by atoms with Crippen LogP contribution in [0.1, 0.15) is 40.3 Å². The van der Waals surface area contributed by atoms with Crippen molar-refractivity contribution in [1.29, 1.82) is 0 Å². The van der Waals surface area contributed by atoms with E-state index in [1.54, 1.807) is 0 Å². The number of rotatable bonds is 1. The molecule has 2 aromatic rings. The molecule has 2 aromatic carbocycles. The third-order valence-corrected chi connectivity index (χ3v) is 4.43. The number of hydrogen-bond donors (Lipinski definition) is 1. The first kappa shape index (κ1) is 13.0. The van der Waals surface area contributed by atoms with E-state index in [9.17, 15) is 5.11 Å². The number of phenols is 1. The molecular formula is C18H20O2. The van der Waals surface area contributed by atoms with Crippen molar-refractivity contribution in [3.05, 3.63) is 58.1 Å². The molecule has 1 aliphatic rings. The van der Waals surface area contributed by atoms with Crippen molar-refractivity contribution in [3.8, 4) is 11.5 Å². The Balaban J connectivity index is 2.04. The van der Waals surface area contributed by atoms with Crippen LogP contribution in [0.3, 0.4) is 0 Å². The van der Waals surface area contributed by atoms with Crippen molar-refractivity contribution < 1.29 is 9.84 Å². The van der Waals surface area contributed by atoms with Crippen LogP contribution in [-0.4, -0.2) is 5.11 Å². The Kier molecular flexibility index (Phi) is 3.17. The van der Waals surface area contributed by atoms with Crippen LogP contribution in [-0.2, 0) is 6.42 Å². The molecular weight excluding hydrogens is 248 g/mol. The number of aromatic hydroxyl groups is 1. The number of phenolic OH excluding ortho intramolecular Hbond substituents is 1. The molecule has 2 heteroatoms. The van der Waals surface area contributed by atoms with Crippen molar-refractivity contribution in [1.82, 2.24) is 0 Å². The summed E-state index contributed by atoms with van der Waals surface area (Å²) in [7, 11) is 0. The minimum Gasteiger partial charge on any atom is -0.507 e. The van der Waals surface area contributed by atoms with Crippen LogP contribution in [0.2, 0.25) is 0 Å². The van der Waals surface area contributed by atoms with Crippen LogP contribution in [0.4, 0.5) is 0 Å². The highest BCUT2D eigenvalue weighted by Gasteiger charge is 2.26. The fourth-order valence-corrected chi connectivity index (χ4v) is 3.01. The summed E-state index contributed by atoms with van der Waals surface area (Å²) < 4.78 is 6.25. The van der Waals surface area contributed by atoms with Crippen molar-refractivity contribution in [2.75, 3.05) is 0 Å². The summed E-state index contributed by atoms with van der Waals surface area (Å²) in [5, 5.41) is 10.2. The molecule has 1 aliphatic heterocycles. The summed E-state index contributed by atoms with van der Waals surface area (Å²) in [5.41, 5.74) is 5.34. The Hall–Kier alpha value is -1.96. The SMILES string of the molecule is Cc1c(C)c2c(c(C)c1O)CCC(c1ccccc1)O2. The zero-order valence-electron chi connectivity index (χ0n) is 12.2. The molecule has 0 aromatic heterocycles. The lowest BCUT2D eigenvalue weighted by Gasteiger charge is -2.30. The average Bonchev–Trinajstić information content (AvgIpc) is 2.51. The normalized spacial score (nSPS) is 17.4. The average molecular weight is 268 g/mol. The highest BCUT2D eigenvalue weighted by Crippen LogP contribution is 2.43. The zero-order valence-corrected chi connectivity index (χ0v) is 12.2. The van der Waals surface area contributed by atoms with E-state index >= 15 is 0 Å². The van der Waals surface area contributed by atoms with Gasteiger partial charge in [0, 0.05) is 5.56 Å². The van der Waals surface area contributed by atoms with Gasteiger partial charge in [0.2, 0.25) is 0 Å². The minimum atomic E-state index is 0.116. The van der Waals surface area contributed by atoms with E-state index in [2.05, 4.69) is 12.1 Å². The Bertz CT molecular complexity index is 644. The first-order chi connectivity index (χ1) is 9.59. The van der Waals surface area contributed by atoms with E-state index in [1.807, 2.05) is 39.0 Å². The molecule has 3 rings (SSSR count). The van der Waals surface area contributed by atoms with Gasteiger partial charge in [-0.05, 0) is 55.9 Å². The van der Waals surface area contributed by atoms with E-state index < -0.39 is 0 Å². The first-order valence-corrected chi connectivity index (χ1v) is 7.12. The highest BCUT2D eigenvalue weighted by atomic mass is 16.5. The van der Waals surface area contributed by atoms with Gasteiger partial charge < -0.3 is 9.84 Å². The van der Waals surface area contributed by atoms with E-state index in [1.165, 1.54) is 5.56 Å². The van der Waals surface area contributed by atoms with Crippen LogP contribution < -0.4 is 4.74 Å². The van der Waals surface area contributed by atoms with E-state index in [0.717, 1.165) is 40.8 Å². The lowest BCUT2D eigenvalue weighted by atomic mass is 9.90. The van der Waals surface area contributed by atoms with Gasteiger partial charge in [-0.1, -0.05) is 30.3 Å². The third-order valence-electron chi connectivity index (χ3n) is 4.43. The van der Waals surface area contributed by atoms with Gasteiger partial charge in [-0.15, -0.1) is 0 Å². The van der Waals surface area contributed by atoms with E-state index in [-0.39, 0.29) is 6.10 Å². The van der Waals surface area contributed by atoms with Crippen molar-refractivity contribution in [3.63, 3.8) is 0 Å².